The number of unbranched alkanes of at least 4 members (excludes halogenated alkanes) is 2. The van der Waals surface area contributed by atoms with Crippen molar-refractivity contribution < 1.29 is 0 Å². The Balaban J connectivity index is 0.000000701. The molecule has 1 aromatic rings. The Morgan fingerprint density at radius 2 is 1.76 bits per heavy atom. The number of rotatable bonds is 4. The molecule has 0 aromatic carbocycles. The maximum atomic E-state index is 4.60. The molecule has 7 heteroatoms. The van der Waals surface area contributed by atoms with Crippen LogP contribution in [0, 0.1) is 0 Å². The summed E-state index contributed by atoms with van der Waals surface area (Å²) < 4.78 is 4.83. The molecule has 2 aliphatic rings. The molecule has 1 atom stereocenters. The fraction of sp³-hybridized carbons (Fsp3) is 0.833. The predicted molar refractivity (Wildman–Crippen MR) is 111 cm³/mol. The topological polar surface area (TPSA) is 27.5 Å². The molecule has 1 fully saturated rings. The van der Waals surface area contributed by atoms with Gasteiger partial charge in [0.05, 0.1) is 17.9 Å². The lowest BCUT2D eigenvalue weighted by atomic mass is 9.56. The third kappa shape index (κ3) is 3.50. The van der Waals surface area contributed by atoms with Crippen molar-refractivity contribution in [3.8, 4) is 0 Å². The second kappa shape index (κ2) is 8.17. The van der Waals surface area contributed by atoms with Crippen LogP contribution in [0.25, 0.3) is 0 Å². The SMILES string of the molecule is CCC.CCCCCN1B(C)N(C)C2N(B1C)c1ccnn1C2(C)C. The van der Waals surface area contributed by atoms with Crippen molar-refractivity contribution in [2.45, 2.75) is 85.7 Å². The van der Waals surface area contributed by atoms with E-state index in [1.54, 1.807) is 0 Å². The minimum atomic E-state index is -0.00832. The third-order valence-electron chi connectivity index (χ3n) is 5.69. The number of anilines is 1. The highest BCUT2D eigenvalue weighted by Crippen LogP contribution is 2.43. The summed E-state index contributed by atoms with van der Waals surface area (Å²) in [5.41, 5.74) is -0.00832. The second-order valence-electron chi connectivity index (χ2n) is 8.12. The van der Waals surface area contributed by atoms with Gasteiger partial charge in [-0.15, -0.1) is 0 Å². The second-order valence-corrected chi connectivity index (χ2v) is 8.12. The van der Waals surface area contributed by atoms with Gasteiger partial charge in [0.25, 0.3) is 6.98 Å². The molecular formula is C18H37B2N5. The average molecular weight is 345 g/mol. The highest BCUT2D eigenvalue weighted by Gasteiger charge is 2.56. The van der Waals surface area contributed by atoms with Crippen molar-refractivity contribution in [3.05, 3.63) is 12.3 Å². The fourth-order valence-electron chi connectivity index (χ4n) is 4.43. The van der Waals surface area contributed by atoms with Crippen LogP contribution >= 0.6 is 0 Å². The largest absolute Gasteiger partial charge is 0.370 e. The molecule has 140 valence electrons. The van der Waals surface area contributed by atoms with E-state index in [2.05, 4.69) is 85.5 Å². The number of fused-ring (bicyclic) bond motifs is 3. The third-order valence-corrected chi connectivity index (χ3v) is 5.69. The molecule has 1 unspecified atom stereocenters. The van der Waals surface area contributed by atoms with Gasteiger partial charge in [0.15, 0.2) is 0 Å². The van der Waals surface area contributed by atoms with Crippen LogP contribution in [0.2, 0.25) is 13.6 Å². The summed E-state index contributed by atoms with van der Waals surface area (Å²) in [6.07, 6.45) is 7.41. The quantitative estimate of drug-likeness (QED) is 0.612. The van der Waals surface area contributed by atoms with Gasteiger partial charge in [0.2, 0.25) is 0 Å². The predicted octanol–water partition coefficient (Wildman–Crippen LogP) is 3.85. The summed E-state index contributed by atoms with van der Waals surface area (Å²) in [4.78, 5) is 5.07. The molecule has 3 heterocycles. The maximum absolute atomic E-state index is 4.60. The van der Waals surface area contributed by atoms with Crippen molar-refractivity contribution in [1.29, 1.82) is 0 Å². The first-order chi connectivity index (χ1) is 11.8. The molecule has 0 N–H and O–H groups in total. The van der Waals surface area contributed by atoms with Crippen molar-refractivity contribution in [3.63, 3.8) is 0 Å². The van der Waals surface area contributed by atoms with Crippen molar-refractivity contribution in [2.75, 3.05) is 18.4 Å². The number of hydrogen-bond acceptors (Lipinski definition) is 4. The zero-order chi connectivity index (χ0) is 18.8. The summed E-state index contributed by atoms with van der Waals surface area (Å²) in [5.74, 6) is 1.25. The molecule has 25 heavy (non-hydrogen) atoms. The van der Waals surface area contributed by atoms with E-state index in [9.17, 15) is 0 Å². The van der Waals surface area contributed by atoms with E-state index in [1.807, 2.05) is 6.20 Å². The van der Waals surface area contributed by atoms with Gasteiger partial charge >= 0.3 is 6.98 Å². The molecule has 2 aliphatic heterocycles. The summed E-state index contributed by atoms with van der Waals surface area (Å²) in [7, 11) is 2.26. The Bertz CT molecular complexity index is 547. The van der Waals surface area contributed by atoms with Crippen molar-refractivity contribution >= 4 is 19.8 Å². The van der Waals surface area contributed by atoms with Crippen LogP contribution in [0.4, 0.5) is 5.82 Å². The number of likely N-dealkylation sites (N-methyl/N-ethyl adjacent to an activating group) is 1. The Morgan fingerprint density at radius 3 is 2.36 bits per heavy atom. The zero-order valence-corrected chi connectivity index (χ0v) is 17.7. The molecule has 5 nitrogen and oxygen atoms in total. The first-order valence-corrected chi connectivity index (χ1v) is 10.1. The highest BCUT2D eigenvalue weighted by atomic mass is 15.6. The zero-order valence-electron chi connectivity index (χ0n) is 17.7. The van der Waals surface area contributed by atoms with Gasteiger partial charge < -0.3 is 14.3 Å². The Hall–Kier alpha value is -0.940. The highest BCUT2D eigenvalue weighted by molar-refractivity contribution is 6.73. The molecule has 0 amide bonds. The lowest BCUT2D eigenvalue weighted by Gasteiger charge is -2.53. The lowest BCUT2D eigenvalue weighted by Crippen LogP contribution is -2.75. The minimum Gasteiger partial charge on any atom is -0.370 e. The number of nitrogens with zero attached hydrogens (tertiary/aromatic N) is 5. The van der Waals surface area contributed by atoms with Crippen LogP contribution in [0.3, 0.4) is 0 Å². The van der Waals surface area contributed by atoms with Crippen LogP contribution in [0.1, 0.15) is 60.3 Å². The van der Waals surface area contributed by atoms with E-state index < -0.39 is 0 Å². The summed E-state index contributed by atoms with van der Waals surface area (Å²) in [5, 5.41) is 4.60. The smallest absolute Gasteiger partial charge is 0.331 e. The number of hydrogen-bond donors (Lipinski definition) is 0. The van der Waals surface area contributed by atoms with Crippen molar-refractivity contribution in [1.82, 2.24) is 19.3 Å². The van der Waals surface area contributed by atoms with Crippen LogP contribution in [0.15, 0.2) is 12.3 Å². The monoisotopic (exact) mass is 345 g/mol. The van der Waals surface area contributed by atoms with Gasteiger partial charge in [-0.3, -0.25) is 0 Å². The summed E-state index contributed by atoms with van der Waals surface area (Å²) in [6.45, 7) is 17.8. The van der Waals surface area contributed by atoms with E-state index in [-0.39, 0.29) is 5.54 Å². The van der Waals surface area contributed by atoms with Crippen LogP contribution in [0.5, 0.6) is 0 Å². The molecule has 0 spiro atoms. The first-order valence-electron chi connectivity index (χ1n) is 10.1. The van der Waals surface area contributed by atoms with Gasteiger partial charge in [-0.05, 0) is 39.9 Å². The summed E-state index contributed by atoms with van der Waals surface area (Å²) in [6, 6.07) is 2.16. The molecule has 3 rings (SSSR count). The Morgan fingerprint density at radius 1 is 1.12 bits per heavy atom. The molecular weight excluding hydrogens is 308 g/mol. The van der Waals surface area contributed by atoms with Crippen LogP contribution in [-0.2, 0) is 5.54 Å². The summed E-state index contributed by atoms with van der Waals surface area (Å²) >= 11 is 0. The van der Waals surface area contributed by atoms with Gasteiger partial charge in [-0.1, -0.05) is 53.7 Å². The van der Waals surface area contributed by atoms with Gasteiger partial charge in [-0.2, -0.15) is 5.10 Å². The van der Waals surface area contributed by atoms with Gasteiger partial charge in [0, 0.05) is 0 Å². The Kier molecular flexibility index (Phi) is 6.66. The van der Waals surface area contributed by atoms with E-state index in [0.29, 0.717) is 20.1 Å². The van der Waals surface area contributed by atoms with E-state index in [0.717, 1.165) is 6.54 Å². The van der Waals surface area contributed by atoms with E-state index >= 15 is 0 Å². The molecule has 1 aromatic heterocycles. The number of aromatic nitrogens is 2. The fourth-order valence-corrected chi connectivity index (χ4v) is 4.43. The van der Waals surface area contributed by atoms with Gasteiger partial charge in [-0.25, -0.2) is 4.68 Å². The first kappa shape index (κ1) is 20.4. The van der Waals surface area contributed by atoms with E-state index in [1.165, 1.54) is 31.5 Å². The standard InChI is InChI=1S/C15H29B2N5.C3H8/c1-7-8-9-12-20-16(4)19(6)14-15(2,3)22-13(10-11-18-22)21(14)17(20)5;1-3-2/h10-11,14H,7-9,12H2,1-6H3;3H2,1-2H3. The molecule has 0 bridgehead atoms. The maximum Gasteiger partial charge on any atom is 0.331 e. The molecule has 0 radical (unpaired) electrons. The van der Waals surface area contributed by atoms with E-state index in [4.69, 9.17) is 0 Å². The lowest BCUT2D eigenvalue weighted by molar-refractivity contribution is 0.190. The average Bonchev–Trinajstić information content (AvgIpc) is 3.11. The molecule has 0 saturated carbocycles. The molecule has 1 saturated heterocycles. The van der Waals surface area contributed by atoms with Gasteiger partial charge in [0.1, 0.15) is 5.82 Å². The minimum absolute atomic E-state index is 0.00832. The normalized spacial score (nSPS) is 22.6. The van der Waals surface area contributed by atoms with Crippen molar-refractivity contribution in [2.24, 2.45) is 0 Å². The van der Waals surface area contributed by atoms with Crippen LogP contribution in [-0.4, -0.2) is 53.0 Å². The molecule has 0 aliphatic carbocycles. The van der Waals surface area contributed by atoms with Crippen LogP contribution < -0.4 is 4.81 Å². The Labute approximate surface area is 156 Å².